The minimum Gasteiger partial charge on any atom is -0.378 e. The second-order valence-electron chi connectivity index (χ2n) is 8.88. The number of benzene rings is 1. The first kappa shape index (κ1) is 21.7. The molecule has 0 amide bonds. The van der Waals surface area contributed by atoms with Crippen LogP contribution in [0.3, 0.4) is 0 Å². The maximum atomic E-state index is 13.2. The molecule has 2 N–H and O–H groups in total. The molecule has 164 valence electrons. The molecule has 31 heavy (non-hydrogen) atoms. The lowest BCUT2D eigenvalue weighted by Crippen LogP contribution is -2.32. The summed E-state index contributed by atoms with van der Waals surface area (Å²) in [5.41, 5.74) is 4.04. The van der Waals surface area contributed by atoms with Crippen molar-refractivity contribution < 1.29 is 4.79 Å². The van der Waals surface area contributed by atoms with E-state index in [9.17, 15) is 9.59 Å². The lowest BCUT2D eigenvalue weighted by Gasteiger charge is -2.33. The monoisotopic (exact) mass is 438 g/mol. The SMILES string of the molecule is CC(C)CCSc1nc2c(c(=O)[nH]1)C(c1ccc(N(C)C)cc1)C1=C(CCCC1=O)N2. The third-order valence-corrected chi connectivity index (χ3v) is 6.82. The molecule has 2 heterocycles. The fourth-order valence-corrected chi connectivity index (χ4v) is 5.30. The summed E-state index contributed by atoms with van der Waals surface area (Å²) in [5.74, 6) is 1.83. The predicted octanol–water partition coefficient (Wildman–Crippen LogP) is 4.54. The van der Waals surface area contributed by atoms with Crippen molar-refractivity contribution in [1.82, 2.24) is 9.97 Å². The van der Waals surface area contributed by atoms with Crippen molar-refractivity contribution >= 4 is 29.1 Å². The fourth-order valence-electron chi connectivity index (χ4n) is 4.20. The summed E-state index contributed by atoms with van der Waals surface area (Å²) in [6.07, 6.45) is 3.21. The molecular formula is C24H30N4O2S. The first-order valence-corrected chi connectivity index (χ1v) is 11.9. The summed E-state index contributed by atoms with van der Waals surface area (Å²) in [7, 11) is 3.99. The molecule has 0 saturated carbocycles. The van der Waals surface area contributed by atoms with Gasteiger partial charge in [0.05, 0.1) is 5.56 Å². The molecular weight excluding hydrogens is 408 g/mol. The van der Waals surface area contributed by atoms with Gasteiger partial charge in [0.25, 0.3) is 5.56 Å². The second-order valence-corrected chi connectivity index (χ2v) is 9.96. The minimum absolute atomic E-state index is 0.121. The molecule has 0 radical (unpaired) electrons. The van der Waals surface area contributed by atoms with E-state index in [1.807, 2.05) is 43.3 Å². The topological polar surface area (TPSA) is 78.1 Å². The van der Waals surface area contributed by atoms with Crippen LogP contribution in [0.1, 0.15) is 56.6 Å². The van der Waals surface area contributed by atoms with Crippen LogP contribution in [0.2, 0.25) is 0 Å². The van der Waals surface area contributed by atoms with Crippen molar-refractivity contribution in [3.8, 4) is 0 Å². The van der Waals surface area contributed by atoms with E-state index in [0.29, 0.717) is 28.9 Å². The largest absolute Gasteiger partial charge is 0.378 e. The molecule has 0 bridgehead atoms. The van der Waals surface area contributed by atoms with Crippen molar-refractivity contribution in [2.45, 2.75) is 50.6 Å². The average molecular weight is 439 g/mol. The molecule has 1 aliphatic carbocycles. The zero-order valence-corrected chi connectivity index (χ0v) is 19.4. The lowest BCUT2D eigenvalue weighted by atomic mass is 9.76. The lowest BCUT2D eigenvalue weighted by molar-refractivity contribution is -0.116. The number of Topliss-reactive ketones (excluding diaryl/α,β-unsaturated/α-hetero) is 1. The average Bonchev–Trinajstić information content (AvgIpc) is 2.72. The van der Waals surface area contributed by atoms with E-state index in [0.717, 1.165) is 47.5 Å². The van der Waals surface area contributed by atoms with Crippen LogP contribution in [0, 0.1) is 5.92 Å². The number of thioether (sulfide) groups is 1. The Bertz CT molecular complexity index is 1070. The molecule has 1 aromatic heterocycles. The number of nitrogens with one attached hydrogen (secondary N) is 2. The second kappa shape index (κ2) is 8.91. The predicted molar refractivity (Wildman–Crippen MR) is 127 cm³/mol. The molecule has 0 fully saturated rings. The Hall–Kier alpha value is -2.54. The Morgan fingerprint density at radius 3 is 2.58 bits per heavy atom. The Morgan fingerprint density at radius 2 is 1.90 bits per heavy atom. The summed E-state index contributed by atoms with van der Waals surface area (Å²) in [4.78, 5) is 35.9. The van der Waals surface area contributed by atoms with Crippen molar-refractivity contribution in [2.75, 3.05) is 30.1 Å². The first-order valence-electron chi connectivity index (χ1n) is 10.9. The number of allylic oxidation sites excluding steroid dienone is 2. The fraction of sp³-hybridized carbons (Fsp3) is 0.458. The zero-order valence-electron chi connectivity index (χ0n) is 18.6. The molecule has 2 aromatic rings. The smallest absolute Gasteiger partial charge is 0.257 e. The van der Waals surface area contributed by atoms with Gasteiger partial charge >= 0.3 is 0 Å². The highest BCUT2D eigenvalue weighted by Crippen LogP contribution is 2.43. The van der Waals surface area contributed by atoms with Gasteiger partial charge in [0.15, 0.2) is 10.9 Å². The molecule has 0 saturated heterocycles. The number of carbonyl (C=O) groups is 1. The van der Waals surface area contributed by atoms with Crippen LogP contribution in [-0.2, 0) is 4.79 Å². The van der Waals surface area contributed by atoms with Crippen molar-refractivity contribution in [2.24, 2.45) is 5.92 Å². The molecule has 1 aliphatic heterocycles. The van der Waals surface area contributed by atoms with Crippen molar-refractivity contribution in [3.05, 3.63) is 57.0 Å². The highest BCUT2D eigenvalue weighted by molar-refractivity contribution is 7.99. The van der Waals surface area contributed by atoms with Crippen molar-refractivity contribution in [1.29, 1.82) is 0 Å². The van der Waals surface area contributed by atoms with E-state index < -0.39 is 0 Å². The van der Waals surface area contributed by atoms with Crippen LogP contribution in [0.15, 0.2) is 45.5 Å². The standard InChI is InChI=1S/C24H30N4O2S/c1-14(2)12-13-31-24-26-22-21(23(30)27-24)19(15-8-10-16(11-9-15)28(3)4)20-17(25-22)6-5-7-18(20)29/h8-11,14,19H,5-7,12-13H2,1-4H3,(H2,25,26,27,30). The highest BCUT2D eigenvalue weighted by Gasteiger charge is 2.37. The van der Waals surface area contributed by atoms with E-state index in [-0.39, 0.29) is 17.3 Å². The van der Waals surface area contributed by atoms with Gasteiger partial charge in [0.1, 0.15) is 5.82 Å². The Kier molecular flexibility index (Phi) is 6.23. The molecule has 2 aliphatic rings. The number of carbonyl (C=O) groups excluding carboxylic acids is 1. The van der Waals surface area contributed by atoms with Crippen LogP contribution in [0.5, 0.6) is 0 Å². The summed E-state index contributed by atoms with van der Waals surface area (Å²) >= 11 is 1.57. The Labute approximate surface area is 187 Å². The first-order chi connectivity index (χ1) is 14.8. The third-order valence-electron chi connectivity index (χ3n) is 5.91. The van der Waals surface area contributed by atoms with Gasteiger partial charge in [-0.2, -0.15) is 0 Å². The number of hydrogen-bond donors (Lipinski definition) is 2. The van der Waals surface area contributed by atoms with Crippen LogP contribution >= 0.6 is 11.8 Å². The van der Waals surface area contributed by atoms with E-state index in [1.54, 1.807) is 11.8 Å². The quantitative estimate of drug-likeness (QED) is 0.509. The number of H-pyrrole nitrogens is 1. The third kappa shape index (κ3) is 4.42. The molecule has 1 aromatic carbocycles. The Balaban J connectivity index is 1.78. The minimum atomic E-state index is -0.388. The number of nitrogens with zero attached hydrogens (tertiary/aromatic N) is 2. The molecule has 6 nitrogen and oxygen atoms in total. The van der Waals surface area contributed by atoms with Gasteiger partial charge in [-0.05, 0) is 42.9 Å². The summed E-state index contributed by atoms with van der Waals surface area (Å²) in [6.45, 7) is 4.37. The molecule has 1 atom stereocenters. The van der Waals surface area contributed by atoms with Crippen LogP contribution in [-0.4, -0.2) is 35.6 Å². The van der Waals surface area contributed by atoms with E-state index in [2.05, 4.69) is 24.1 Å². The van der Waals surface area contributed by atoms with Crippen LogP contribution in [0.25, 0.3) is 0 Å². The van der Waals surface area contributed by atoms with Gasteiger partial charge in [-0.3, -0.25) is 9.59 Å². The Morgan fingerprint density at radius 1 is 1.16 bits per heavy atom. The molecule has 4 rings (SSSR count). The summed E-state index contributed by atoms with van der Waals surface area (Å²) in [5, 5.41) is 3.97. The number of rotatable bonds is 6. The van der Waals surface area contributed by atoms with E-state index in [1.165, 1.54) is 0 Å². The van der Waals surface area contributed by atoms with Crippen LogP contribution in [0.4, 0.5) is 11.5 Å². The van der Waals surface area contributed by atoms with Gasteiger partial charge in [-0.15, -0.1) is 0 Å². The number of aromatic amines is 1. The number of aromatic nitrogens is 2. The maximum absolute atomic E-state index is 13.2. The molecule has 7 heteroatoms. The number of ketones is 1. The molecule has 1 unspecified atom stereocenters. The van der Waals surface area contributed by atoms with E-state index in [4.69, 9.17) is 4.98 Å². The number of fused-ring (bicyclic) bond motifs is 1. The summed E-state index contributed by atoms with van der Waals surface area (Å²) in [6, 6.07) is 8.10. The number of hydrogen-bond acceptors (Lipinski definition) is 6. The van der Waals surface area contributed by atoms with E-state index >= 15 is 0 Å². The van der Waals surface area contributed by atoms with Gasteiger partial charge in [0.2, 0.25) is 0 Å². The zero-order chi connectivity index (χ0) is 22.1. The highest BCUT2D eigenvalue weighted by atomic mass is 32.2. The van der Waals surface area contributed by atoms with Gasteiger partial charge in [-0.25, -0.2) is 4.98 Å². The maximum Gasteiger partial charge on any atom is 0.257 e. The normalized spacial score (nSPS) is 18.0. The van der Waals surface area contributed by atoms with Gasteiger partial charge < -0.3 is 15.2 Å². The van der Waals surface area contributed by atoms with Crippen molar-refractivity contribution in [3.63, 3.8) is 0 Å². The van der Waals surface area contributed by atoms with Gasteiger partial charge in [-0.1, -0.05) is 37.7 Å². The molecule has 0 spiro atoms. The number of anilines is 2. The summed E-state index contributed by atoms with van der Waals surface area (Å²) < 4.78 is 0. The van der Waals surface area contributed by atoms with Gasteiger partial charge in [0, 0.05) is 49.1 Å². The van der Waals surface area contributed by atoms with Crippen LogP contribution < -0.4 is 15.8 Å².